The highest BCUT2D eigenvalue weighted by atomic mass is 35.5. The third-order valence-electron chi connectivity index (χ3n) is 9.88. The number of rotatable bonds is 11. The molecule has 2 heterocycles. The number of hydrogen-bond acceptors (Lipinski definition) is 8. The lowest BCUT2D eigenvalue weighted by Crippen LogP contribution is -2.57. The highest BCUT2D eigenvalue weighted by Gasteiger charge is 2.53. The second-order valence-corrected chi connectivity index (χ2v) is 16.9. The number of nitrogens with two attached hydrogens (primary N) is 1. The highest BCUT2D eigenvalue weighted by Crippen LogP contribution is 2.56. The Labute approximate surface area is 301 Å². The summed E-state index contributed by atoms with van der Waals surface area (Å²) in [6.45, 7) is 5.09. The molecule has 2 aromatic rings. The Bertz CT molecular complexity index is 1640. The normalized spacial score (nSPS) is 25.9. The van der Waals surface area contributed by atoms with Gasteiger partial charge in [0.25, 0.3) is 5.91 Å². The van der Waals surface area contributed by atoms with Crippen LogP contribution >= 0.6 is 35.6 Å². The van der Waals surface area contributed by atoms with Crippen LogP contribution in [-0.4, -0.2) is 62.4 Å². The maximum Gasteiger partial charge on any atom is 0.408 e. The molecule has 10 nitrogen and oxygen atoms in total. The summed E-state index contributed by atoms with van der Waals surface area (Å²) in [4.78, 5) is 56.7. The van der Waals surface area contributed by atoms with Gasteiger partial charge in [0.1, 0.15) is 16.0 Å². The summed E-state index contributed by atoms with van der Waals surface area (Å²) >= 11 is 13.3. The van der Waals surface area contributed by atoms with Gasteiger partial charge in [0.2, 0.25) is 5.91 Å². The minimum Gasteiger partial charge on any atom is -0.464 e. The van der Waals surface area contributed by atoms with E-state index in [0.717, 1.165) is 34.4 Å². The van der Waals surface area contributed by atoms with E-state index in [0.29, 0.717) is 38.9 Å². The molecule has 0 radical (unpaired) electrons. The van der Waals surface area contributed by atoms with Gasteiger partial charge in [0, 0.05) is 22.5 Å². The van der Waals surface area contributed by atoms with Crippen LogP contribution in [0, 0.1) is 23.7 Å². The van der Waals surface area contributed by atoms with Gasteiger partial charge >= 0.3 is 12.1 Å². The maximum absolute atomic E-state index is 14.0. The second kappa shape index (κ2) is 14.5. The molecule has 1 aromatic heterocycles. The standard InChI is InChI=1S/C36H43ClN4O6S2/c1-36(2,3)47-34(45)40-28(18-30(38)42)33(44)46-10-4-5-22-16-26(21-6-8-25(37)9-7-21)39-27(22)17-29-32(43)41(35(48)49-29)31-23-12-19-11-20(14-23)15-24(31)13-19/h6-9,16-17,19-20,23-24,28,31,39H,4-5,10-15,18H2,1-3H3,(H2,38,42)(H,40,45)/t19?,20?,23?,24?,28-,31?/m0/s1. The topological polar surface area (TPSA) is 144 Å². The molecular weight excluding hydrogens is 684 g/mol. The van der Waals surface area contributed by atoms with Crippen LogP contribution in [-0.2, 0) is 30.3 Å². The van der Waals surface area contributed by atoms with Crippen molar-refractivity contribution in [3.63, 3.8) is 0 Å². The zero-order valence-corrected chi connectivity index (χ0v) is 30.3. The monoisotopic (exact) mass is 726 g/mol. The number of thiocarbonyl (C=S) groups is 1. The number of thioether (sulfide) groups is 1. The molecule has 5 fully saturated rings. The fourth-order valence-corrected chi connectivity index (χ4v) is 9.65. The first-order valence-electron chi connectivity index (χ1n) is 16.9. The van der Waals surface area contributed by atoms with E-state index in [2.05, 4.69) is 10.3 Å². The largest absolute Gasteiger partial charge is 0.464 e. The smallest absolute Gasteiger partial charge is 0.408 e. The van der Waals surface area contributed by atoms with Gasteiger partial charge in [0.15, 0.2) is 0 Å². The predicted octanol–water partition coefficient (Wildman–Crippen LogP) is 6.61. The number of aromatic nitrogens is 1. The number of aromatic amines is 1. The van der Waals surface area contributed by atoms with Crippen LogP contribution in [0.25, 0.3) is 17.3 Å². The summed E-state index contributed by atoms with van der Waals surface area (Å²) in [7, 11) is 0. The Hall–Kier alpha value is -3.35. The van der Waals surface area contributed by atoms with E-state index in [1.54, 1.807) is 20.8 Å². The van der Waals surface area contributed by atoms with Gasteiger partial charge in [-0.25, -0.2) is 9.59 Å². The molecule has 1 aliphatic heterocycles. The number of carbonyl (C=O) groups is 4. The molecule has 3 amide bonds. The molecular formula is C36H43ClN4O6S2. The van der Waals surface area contributed by atoms with Gasteiger partial charge in [-0.15, -0.1) is 0 Å². The Morgan fingerprint density at radius 3 is 2.39 bits per heavy atom. The van der Waals surface area contributed by atoms with Gasteiger partial charge < -0.3 is 25.5 Å². The minimum absolute atomic E-state index is 0.0204. The van der Waals surface area contributed by atoms with E-state index >= 15 is 0 Å². The number of primary amides is 1. The maximum atomic E-state index is 14.0. The predicted molar refractivity (Wildman–Crippen MR) is 193 cm³/mol. The van der Waals surface area contributed by atoms with E-state index in [9.17, 15) is 19.2 Å². The van der Waals surface area contributed by atoms with Crippen molar-refractivity contribution < 1.29 is 28.7 Å². The van der Waals surface area contributed by atoms with E-state index in [1.165, 1.54) is 43.9 Å². The molecule has 13 heteroatoms. The first kappa shape index (κ1) is 35.5. The molecule has 1 saturated heterocycles. The summed E-state index contributed by atoms with van der Waals surface area (Å²) in [6.07, 6.45) is 7.71. The van der Waals surface area contributed by atoms with Crippen molar-refractivity contribution in [2.75, 3.05) is 6.61 Å². The Balaban J connectivity index is 1.16. The lowest BCUT2D eigenvalue weighted by molar-refractivity contribution is -0.147. The minimum atomic E-state index is -1.27. The number of alkyl carbamates (subject to hydrolysis) is 1. The second-order valence-electron chi connectivity index (χ2n) is 14.7. The van der Waals surface area contributed by atoms with Crippen molar-refractivity contribution in [2.45, 2.75) is 89.8 Å². The number of H-pyrrole nitrogens is 1. The number of ether oxygens (including phenoxy) is 2. The van der Waals surface area contributed by atoms with Crippen LogP contribution in [0.2, 0.25) is 5.02 Å². The van der Waals surface area contributed by atoms with Gasteiger partial charge in [-0.3, -0.25) is 14.5 Å². The molecule has 1 atom stereocenters. The van der Waals surface area contributed by atoms with Gasteiger partial charge in [0.05, 0.1) is 17.9 Å². The number of esters is 1. The van der Waals surface area contributed by atoms with E-state index in [1.807, 2.05) is 41.3 Å². The summed E-state index contributed by atoms with van der Waals surface area (Å²) in [5.74, 6) is 1.09. The lowest BCUT2D eigenvalue weighted by atomic mass is 9.54. The molecule has 0 unspecified atom stereocenters. The molecule has 262 valence electrons. The highest BCUT2D eigenvalue weighted by molar-refractivity contribution is 8.26. The molecule has 4 bridgehead atoms. The van der Waals surface area contributed by atoms with E-state index < -0.39 is 36.0 Å². The first-order valence-corrected chi connectivity index (χ1v) is 18.5. The van der Waals surface area contributed by atoms with Crippen molar-refractivity contribution in [3.05, 3.63) is 51.5 Å². The Morgan fingerprint density at radius 2 is 1.78 bits per heavy atom. The lowest BCUT2D eigenvalue weighted by Gasteiger charge is -2.56. The molecule has 4 aliphatic carbocycles. The van der Waals surface area contributed by atoms with Crippen LogP contribution in [0.3, 0.4) is 0 Å². The molecule has 7 rings (SSSR count). The van der Waals surface area contributed by atoms with Crippen LogP contribution in [0.1, 0.15) is 77.0 Å². The average molecular weight is 727 g/mol. The number of nitrogens with zero attached hydrogens (tertiary/aromatic N) is 1. The van der Waals surface area contributed by atoms with Crippen LogP contribution in [0.15, 0.2) is 35.2 Å². The van der Waals surface area contributed by atoms with Gasteiger partial charge in [-0.2, -0.15) is 0 Å². The summed E-state index contributed by atoms with van der Waals surface area (Å²) in [5.41, 5.74) is 8.02. The molecule has 1 aromatic carbocycles. The number of carbonyl (C=O) groups excluding carboxylic acids is 4. The zero-order valence-electron chi connectivity index (χ0n) is 28.0. The fourth-order valence-electron chi connectivity index (χ4n) is 8.20. The first-order chi connectivity index (χ1) is 23.2. The Morgan fingerprint density at radius 1 is 1.12 bits per heavy atom. The number of hydrogen-bond donors (Lipinski definition) is 3. The van der Waals surface area contributed by atoms with Gasteiger partial charge in [-0.1, -0.05) is 47.7 Å². The van der Waals surface area contributed by atoms with Crippen molar-refractivity contribution in [2.24, 2.45) is 29.4 Å². The number of aryl methyl sites for hydroxylation is 1. The molecule has 49 heavy (non-hydrogen) atoms. The molecule has 4 N–H and O–H groups in total. The third kappa shape index (κ3) is 8.35. The van der Waals surface area contributed by atoms with Crippen molar-refractivity contribution in [1.82, 2.24) is 15.2 Å². The number of amides is 3. The third-order valence-corrected chi connectivity index (χ3v) is 11.5. The Kier molecular flexibility index (Phi) is 10.5. The quantitative estimate of drug-likeness (QED) is 0.102. The van der Waals surface area contributed by atoms with Crippen molar-refractivity contribution >= 4 is 69.9 Å². The van der Waals surface area contributed by atoms with Crippen LogP contribution < -0.4 is 11.1 Å². The average Bonchev–Trinajstić information content (AvgIpc) is 3.53. The zero-order chi connectivity index (χ0) is 35.0. The number of halogens is 1. The van der Waals surface area contributed by atoms with E-state index in [-0.39, 0.29) is 18.6 Å². The van der Waals surface area contributed by atoms with Crippen molar-refractivity contribution in [3.8, 4) is 11.3 Å². The SMILES string of the molecule is CC(C)(C)OC(=O)N[C@@H](CC(N)=O)C(=O)OCCCc1cc(-c2ccc(Cl)cc2)[nH]c1C=C1SC(=S)N(C2C3CC4CC(C3)CC2C4)C1=O. The molecule has 0 spiro atoms. The summed E-state index contributed by atoms with van der Waals surface area (Å²) in [6, 6.07) is 8.42. The van der Waals surface area contributed by atoms with E-state index in [4.69, 9.17) is 39.0 Å². The number of nitrogens with one attached hydrogen (secondary N) is 2. The molecule has 5 aliphatic rings. The summed E-state index contributed by atoms with van der Waals surface area (Å²) in [5, 5.41) is 3.01. The summed E-state index contributed by atoms with van der Waals surface area (Å²) < 4.78 is 11.3. The van der Waals surface area contributed by atoms with Crippen LogP contribution in [0.4, 0.5) is 4.79 Å². The fraction of sp³-hybridized carbons (Fsp3) is 0.528. The van der Waals surface area contributed by atoms with Crippen molar-refractivity contribution in [1.29, 1.82) is 0 Å². The van der Waals surface area contributed by atoms with Gasteiger partial charge in [-0.05, 0) is 125 Å². The van der Waals surface area contributed by atoms with Crippen LogP contribution in [0.5, 0.6) is 0 Å². The number of benzene rings is 1. The molecule has 4 saturated carbocycles.